The average molecular weight is 285 g/mol. The molecule has 3 atom stereocenters. The molecule has 2 aliphatic carbocycles. The van der Waals surface area contributed by atoms with Crippen molar-refractivity contribution >= 4 is 23.0 Å². The van der Waals surface area contributed by atoms with Crippen molar-refractivity contribution in [3.8, 4) is 6.07 Å². The molecular formula is C16H19N3S. The van der Waals surface area contributed by atoms with Crippen LogP contribution in [0.25, 0.3) is 0 Å². The molecule has 2 aliphatic rings. The zero-order valence-corrected chi connectivity index (χ0v) is 12.2. The Hall–Kier alpha value is -1.60. The number of thiocarbonyl (C=S) groups is 1. The number of nitrogens with one attached hydrogen (secondary N) is 2. The van der Waals surface area contributed by atoms with Gasteiger partial charge in [-0.25, -0.2) is 0 Å². The van der Waals surface area contributed by atoms with Crippen LogP contribution < -0.4 is 10.6 Å². The highest BCUT2D eigenvalue weighted by Crippen LogP contribution is 2.44. The molecule has 1 aromatic rings. The van der Waals surface area contributed by atoms with Gasteiger partial charge in [0.1, 0.15) is 0 Å². The molecule has 2 bridgehead atoms. The van der Waals surface area contributed by atoms with Crippen molar-refractivity contribution in [3.63, 3.8) is 0 Å². The number of nitriles is 1. The van der Waals surface area contributed by atoms with Gasteiger partial charge in [0.25, 0.3) is 0 Å². The van der Waals surface area contributed by atoms with Crippen molar-refractivity contribution in [1.82, 2.24) is 5.32 Å². The maximum Gasteiger partial charge on any atom is 0.171 e. The van der Waals surface area contributed by atoms with E-state index in [4.69, 9.17) is 17.5 Å². The van der Waals surface area contributed by atoms with E-state index in [-0.39, 0.29) is 0 Å². The van der Waals surface area contributed by atoms with E-state index >= 15 is 0 Å². The number of nitrogens with zero attached hydrogens (tertiary/aromatic N) is 1. The summed E-state index contributed by atoms with van der Waals surface area (Å²) in [4.78, 5) is 0. The molecule has 0 amide bonds. The summed E-state index contributed by atoms with van der Waals surface area (Å²) >= 11 is 5.40. The third-order valence-corrected chi connectivity index (χ3v) is 4.77. The first-order valence-electron chi connectivity index (χ1n) is 7.28. The van der Waals surface area contributed by atoms with Gasteiger partial charge < -0.3 is 10.6 Å². The molecule has 0 saturated heterocycles. The van der Waals surface area contributed by atoms with Crippen LogP contribution in [-0.4, -0.2) is 11.2 Å². The lowest BCUT2D eigenvalue weighted by molar-refractivity contribution is 0.392. The fourth-order valence-electron chi connectivity index (χ4n) is 3.55. The number of hydrogen-bond donors (Lipinski definition) is 2. The van der Waals surface area contributed by atoms with Gasteiger partial charge in [0.15, 0.2) is 5.11 Å². The van der Waals surface area contributed by atoms with Crippen LogP contribution in [0.2, 0.25) is 0 Å². The quantitative estimate of drug-likeness (QED) is 0.837. The Morgan fingerprint density at radius 3 is 2.65 bits per heavy atom. The van der Waals surface area contributed by atoms with Gasteiger partial charge in [-0.1, -0.05) is 18.6 Å². The lowest BCUT2D eigenvalue weighted by Crippen LogP contribution is -2.40. The highest BCUT2D eigenvalue weighted by molar-refractivity contribution is 7.80. The molecule has 0 aromatic heterocycles. The van der Waals surface area contributed by atoms with Gasteiger partial charge in [-0.2, -0.15) is 5.26 Å². The molecule has 0 aliphatic heterocycles. The number of hydrogen-bond acceptors (Lipinski definition) is 2. The molecule has 2 N–H and O–H groups in total. The van der Waals surface area contributed by atoms with Gasteiger partial charge in [-0.15, -0.1) is 0 Å². The summed E-state index contributed by atoms with van der Waals surface area (Å²) in [6, 6.07) is 10.6. The maximum atomic E-state index is 8.65. The molecule has 2 saturated carbocycles. The molecule has 0 radical (unpaired) electrons. The third-order valence-electron chi connectivity index (χ3n) is 4.55. The minimum atomic E-state index is 0.452. The van der Waals surface area contributed by atoms with Crippen molar-refractivity contribution in [1.29, 1.82) is 5.26 Å². The Morgan fingerprint density at radius 1 is 1.25 bits per heavy atom. The topological polar surface area (TPSA) is 47.9 Å². The molecule has 2 fully saturated rings. The van der Waals surface area contributed by atoms with Crippen molar-refractivity contribution in [2.24, 2.45) is 11.8 Å². The van der Waals surface area contributed by atoms with E-state index in [0.29, 0.717) is 12.5 Å². The van der Waals surface area contributed by atoms with Gasteiger partial charge >= 0.3 is 0 Å². The molecule has 3 rings (SSSR count). The van der Waals surface area contributed by atoms with Gasteiger partial charge in [0.05, 0.1) is 12.5 Å². The standard InChI is InChI=1S/C16H19N3S/c17-8-7-11-2-5-14(6-3-11)18-16(20)19-15-10-12-1-4-13(15)9-12/h2-3,5-6,12-13,15H,1,4,7,9-10H2,(H2,18,19,20)/t12-,13-,15-/m0/s1. The van der Waals surface area contributed by atoms with Crippen LogP contribution in [0, 0.1) is 23.2 Å². The Labute approximate surface area is 125 Å². The summed E-state index contributed by atoms with van der Waals surface area (Å²) in [6.45, 7) is 0. The van der Waals surface area contributed by atoms with E-state index in [0.717, 1.165) is 28.2 Å². The Balaban J connectivity index is 1.52. The number of benzene rings is 1. The molecule has 1 aromatic carbocycles. The predicted octanol–water partition coefficient (Wildman–Crippen LogP) is 3.23. The first-order valence-corrected chi connectivity index (χ1v) is 7.69. The zero-order valence-electron chi connectivity index (χ0n) is 11.4. The normalized spacial score (nSPS) is 27.1. The summed E-state index contributed by atoms with van der Waals surface area (Å²) < 4.78 is 0. The first-order chi connectivity index (χ1) is 9.74. The smallest absolute Gasteiger partial charge is 0.171 e. The average Bonchev–Trinajstić information content (AvgIpc) is 3.03. The fraction of sp³-hybridized carbons (Fsp3) is 0.500. The second-order valence-electron chi connectivity index (χ2n) is 5.91. The summed E-state index contributed by atoms with van der Waals surface area (Å²) in [7, 11) is 0. The van der Waals surface area contributed by atoms with E-state index in [2.05, 4.69) is 16.7 Å². The summed E-state index contributed by atoms with van der Waals surface area (Å²) in [6.07, 6.45) is 5.86. The lowest BCUT2D eigenvalue weighted by atomic mass is 9.96. The van der Waals surface area contributed by atoms with Crippen molar-refractivity contribution < 1.29 is 0 Å². The third kappa shape index (κ3) is 2.94. The highest BCUT2D eigenvalue weighted by Gasteiger charge is 2.39. The van der Waals surface area contributed by atoms with E-state index in [9.17, 15) is 0 Å². The van der Waals surface area contributed by atoms with Crippen LogP contribution in [0.4, 0.5) is 5.69 Å². The van der Waals surface area contributed by atoms with E-state index < -0.39 is 0 Å². The van der Waals surface area contributed by atoms with Crippen LogP contribution in [0.3, 0.4) is 0 Å². The molecule has 20 heavy (non-hydrogen) atoms. The highest BCUT2D eigenvalue weighted by atomic mass is 32.1. The molecule has 4 heteroatoms. The van der Waals surface area contributed by atoms with Gasteiger partial charge in [0.2, 0.25) is 0 Å². The maximum absolute atomic E-state index is 8.65. The van der Waals surface area contributed by atoms with Crippen molar-refractivity contribution in [2.75, 3.05) is 5.32 Å². The molecule has 3 nitrogen and oxygen atoms in total. The minimum absolute atomic E-state index is 0.452. The zero-order chi connectivity index (χ0) is 13.9. The molecule has 0 spiro atoms. The van der Waals surface area contributed by atoms with Crippen LogP contribution in [0.15, 0.2) is 24.3 Å². The second kappa shape index (κ2) is 5.80. The van der Waals surface area contributed by atoms with E-state index in [1.54, 1.807) is 0 Å². The van der Waals surface area contributed by atoms with Crippen LogP contribution in [-0.2, 0) is 6.42 Å². The Bertz CT molecular complexity index is 532. The predicted molar refractivity (Wildman–Crippen MR) is 84.4 cm³/mol. The first kappa shape index (κ1) is 13.4. The van der Waals surface area contributed by atoms with Crippen LogP contribution >= 0.6 is 12.2 Å². The van der Waals surface area contributed by atoms with E-state index in [1.165, 1.54) is 25.7 Å². The number of anilines is 1. The van der Waals surface area contributed by atoms with Crippen LogP contribution in [0.5, 0.6) is 0 Å². The SMILES string of the molecule is N#CCc1ccc(NC(=S)N[C@H]2C[C@H]3CC[C@H]2C3)cc1. The van der Waals surface area contributed by atoms with Gasteiger partial charge in [-0.3, -0.25) is 0 Å². The minimum Gasteiger partial charge on any atom is -0.359 e. The molecule has 104 valence electrons. The largest absolute Gasteiger partial charge is 0.359 e. The monoisotopic (exact) mass is 285 g/mol. The van der Waals surface area contributed by atoms with Gasteiger partial charge in [-0.05, 0) is 61.0 Å². The Morgan fingerprint density at radius 2 is 2.05 bits per heavy atom. The molecular weight excluding hydrogens is 266 g/mol. The summed E-state index contributed by atoms with van der Waals surface area (Å²) in [5.41, 5.74) is 2.01. The van der Waals surface area contributed by atoms with Crippen molar-refractivity contribution in [3.05, 3.63) is 29.8 Å². The number of fused-ring (bicyclic) bond motifs is 2. The van der Waals surface area contributed by atoms with Crippen molar-refractivity contribution in [2.45, 2.75) is 38.1 Å². The summed E-state index contributed by atoms with van der Waals surface area (Å²) in [5, 5.41) is 16.1. The Kier molecular flexibility index (Phi) is 3.88. The fourth-order valence-corrected chi connectivity index (χ4v) is 3.82. The lowest BCUT2D eigenvalue weighted by Gasteiger charge is -2.24. The molecule has 0 heterocycles. The molecule has 0 unspecified atom stereocenters. The van der Waals surface area contributed by atoms with E-state index in [1.807, 2.05) is 24.3 Å². The number of rotatable bonds is 3. The second-order valence-corrected chi connectivity index (χ2v) is 6.32. The summed E-state index contributed by atoms with van der Waals surface area (Å²) in [5.74, 6) is 1.74. The van der Waals surface area contributed by atoms with Gasteiger partial charge in [0, 0.05) is 11.7 Å². The van der Waals surface area contributed by atoms with Crippen LogP contribution in [0.1, 0.15) is 31.2 Å².